The van der Waals surface area contributed by atoms with Gasteiger partial charge in [0.25, 0.3) is 11.8 Å². The number of halogens is 2. The number of hydrogen-bond acceptors (Lipinski definition) is 6. The van der Waals surface area contributed by atoms with Crippen LogP contribution in [0.4, 0.5) is 5.13 Å². The van der Waals surface area contributed by atoms with E-state index in [1.807, 2.05) is 6.07 Å². The maximum atomic E-state index is 12.1. The molecule has 150 valence electrons. The van der Waals surface area contributed by atoms with Crippen molar-refractivity contribution in [2.24, 2.45) is 0 Å². The first-order valence-corrected chi connectivity index (χ1v) is 10.5. The Morgan fingerprint density at radius 3 is 2.69 bits per heavy atom. The van der Waals surface area contributed by atoms with Crippen molar-refractivity contribution >= 4 is 55.8 Å². The molecule has 0 atom stereocenters. The Hall–Kier alpha value is -2.49. The molecule has 0 bridgehead atoms. The standard InChI is InChI=1S/C19H16BrClN4O3S/c20-13-3-1-2-12(10-13)18(27)22-9-8-17-24-25-19(29-17)23-16(26)11-28-15-6-4-14(21)5-7-15/h1-7,10H,8-9,11H2,(H,22,27)(H,23,25,26). The molecule has 10 heteroatoms. The topological polar surface area (TPSA) is 93.2 Å². The van der Waals surface area contributed by atoms with Crippen LogP contribution in [0, 0.1) is 0 Å². The lowest BCUT2D eigenvalue weighted by Crippen LogP contribution is -2.25. The second-order valence-electron chi connectivity index (χ2n) is 5.81. The number of benzene rings is 2. The molecule has 1 aromatic heterocycles. The summed E-state index contributed by atoms with van der Waals surface area (Å²) in [5.41, 5.74) is 0.574. The molecule has 2 N–H and O–H groups in total. The van der Waals surface area contributed by atoms with E-state index >= 15 is 0 Å². The summed E-state index contributed by atoms with van der Waals surface area (Å²) < 4.78 is 6.22. The lowest BCUT2D eigenvalue weighted by atomic mass is 10.2. The molecule has 0 saturated carbocycles. The maximum Gasteiger partial charge on any atom is 0.264 e. The van der Waals surface area contributed by atoms with Gasteiger partial charge in [-0.1, -0.05) is 44.9 Å². The predicted molar refractivity (Wildman–Crippen MR) is 116 cm³/mol. The Morgan fingerprint density at radius 1 is 1.14 bits per heavy atom. The Bertz CT molecular complexity index is 997. The van der Waals surface area contributed by atoms with Gasteiger partial charge in [-0.3, -0.25) is 14.9 Å². The molecule has 0 aliphatic rings. The molecule has 0 aliphatic carbocycles. The average molecular weight is 496 g/mol. The molecule has 0 saturated heterocycles. The number of rotatable bonds is 8. The van der Waals surface area contributed by atoms with Crippen LogP contribution < -0.4 is 15.4 Å². The molecule has 2 amide bonds. The minimum atomic E-state index is -0.342. The van der Waals surface area contributed by atoms with E-state index in [1.165, 1.54) is 11.3 Å². The van der Waals surface area contributed by atoms with Crippen LogP contribution in [-0.2, 0) is 11.2 Å². The molecule has 1 heterocycles. The van der Waals surface area contributed by atoms with Gasteiger partial charge in [-0.25, -0.2) is 0 Å². The highest BCUT2D eigenvalue weighted by atomic mass is 79.9. The van der Waals surface area contributed by atoms with Crippen LogP contribution in [0.5, 0.6) is 5.75 Å². The zero-order valence-electron chi connectivity index (χ0n) is 15.0. The van der Waals surface area contributed by atoms with Crippen LogP contribution in [0.2, 0.25) is 5.02 Å². The van der Waals surface area contributed by atoms with Gasteiger partial charge in [-0.2, -0.15) is 0 Å². The van der Waals surface area contributed by atoms with Gasteiger partial charge in [0, 0.05) is 28.0 Å². The van der Waals surface area contributed by atoms with E-state index in [1.54, 1.807) is 42.5 Å². The van der Waals surface area contributed by atoms with E-state index in [-0.39, 0.29) is 18.4 Å². The summed E-state index contributed by atoms with van der Waals surface area (Å²) in [5.74, 6) is 0.0398. The van der Waals surface area contributed by atoms with Crippen molar-refractivity contribution < 1.29 is 14.3 Å². The molecular weight excluding hydrogens is 480 g/mol. The summed E-state index contributed by atoms with van der Waals surface area (Å²) in [7, 11) is 0. The monoisotopic (exact) mass is 494 g/mol. The third-order valence-corrected chi connectivity index (χ3v) is 5.25. The molecule has 0 radical (unpaired) electrons. The molecule has 3 aromatic rings. The fourth-order valence-corrected chi connectivity index (χ4v) is 3.54. The van der Waals surface area contributed by atoms with Gasteiger partial charge < -0.3 is 10.1 Å². The first-order chi connectivity index (χ1) is 14.0. The van der Waals surface area contributed by atoms with E-state index in [9.17, 15) is 9.59 Å². The Labute approximate surface area is 184 Å². The largest absolute Gasteiger partial charge is 0.484 e. The number of hydrogen-bond donors (Lipinski definition) is 2. The second kappa shape index (κ2) is 10.3. The van der Waals surface area contributed by atoms with E-state index in [4.69, 9.17) is 16.3 Å². The van der Waals surface area contributed by atoms with Crippen molar-refractivity contribution in [3.63, 3.8) is 0 Å². The quantitative estimate of drug-likeness (QED) is 0.494. The van der Waals surface area contributed by atoms with Crippen LogP contribution in [0.3, 0.4) is 0 Å². The zero-order chi connectivity index (χ0) is 20.6. The van der Waals surface area contributed by atoms with Gasteiger partial charge in [0.05, 0.1) is 0 Å². The minimum absolute atomic E-state index is 0.154. The predicted octanol–water partition coefficient (Wildman–Crippen LogP) is 3.94. The number of anilines is 1. The summed E-state index contributed by atoms with van der Waals surface area (Å²) in [6, 6.07) is 13.9. The van der Waals surface area contributed by atoms with E-state index in [0.29, 0.717) is 39.4 Å². The van der Waals surface area contributed by atoms with Crippen molar-refractivity contribution in [2.75, 3.05) is 18.5 Å². The first-order valence-electron chi connectivity index (χ1n) is 8.54. The number of nitrogens with one attached hydrogen (secondary N) is 2. The normalized spacial score (nSPS) is 10.4. The number of carbonyl (C=O) groups is 2. The van der Waals surface area contributed by atoms with Gasteiger partial charge in [0.1, 0.15) is 10.8 Å². The summed E-state index contributed by atoms with van der Waals surface area (Å²) in [4.78, 5) is 24.1. The van der Waals surface area contributed by atoms with Crippen LogP contribution in [0.1, 0.15) is 15.4 Å². The molecule has 29 heavy (non-hydrogen) atoms. The molecule has 0 aliphatic heterocycles. The van der Waals surface area contributed by atoms with Gasteiger partial charge in [0.15, 0.2) is 6.61 Å². The Morgan fingerprint density at radius 2 is 1.93 bits per heavy atom. The van der Waals surface area contributed by atoms with Crippen molar-refractivity contribution in [3.05, 3.63) is 68.6 Å². The number of nitrogens with zero attached hydrogens (tertiary/aromatic N) is 2. The third kappa shape index (κ3) is 6.81. The SMILES string of the molecule is O=C(COc1ccc(Cl)cc1)Nc1nnc(CCNC(=O)c2cccc(Br)c2)s1. The number of ether oxygens (including phenoxy) is 1. The number of amides is 2. The van der Waals surface area contributed by atoms with Gasteiger partial charge in [0.2, 0.25) is 5.13 Å². The second-order valence-corrected chi connectivity index (χ2v) is 8.22. The van der Waals surface area contributed by atoms with Crippen molar-refractivity contribution in [3.8, 4) is 5.75 Å². The highest BCUT2D eigenvalue weighted by molar-refractivity contribution is 9.10. The highest BCUT2D eigenvalue weighted by Gasteiger charge is 2.10. The Kier molecular flexibility index (Phi) is 7.56. The lowest BCUT2D eigenvalue weighted by Gasteiger charge is -2.05. The lowest BCUT2D eigenvalue weighted by molar-refractivity contribution is -0.118. The molecular formula is C19H16BrClN4O3S. The summed E-state index contributed by atoms with van der Waals surface area (Å²) in [6.45, 7) is 0.257. The number of aromatic nitrogens is 2. The summed E-state index contributed by atoms with van der Waals surface area (Å²) in [6.07, 6.45) is 0.508. The van der Waals surface area contributed by atoms with Crippen LogP contribution in [0.25, 0.3) is 0 Å². The summed E-state index contributed by atoms with van der Waals surface area (Å²) in [5, 5.41) is 15.1. The molecule has 2 aromatic carbocycles. The smallest absolute Gasteiger partial charge is 0.264 e. The minimum Gasteiger partial charge on any atom is -0.484 e. The third-order valence-electron chi connectivity index (χ3n) is 3.61. The molecule has 3 rings (SSSR count). The van der Waals surface area contributed by atoms with Crippen LogP contribution in [-0.4, -0.2) is 35.2 Å². The number of carbonyl (C=O) groups excluding carboxylic acids is 2. The molecule has 0 spiro atoms. The fraction of sp³-hybridized carbons (Fsp3) is 0.158. The van der Waals surface area contributed by atoms with E-state index < -0.39 is 0 Å². The van der Waals surface area contributed by atoms with Crippen molar-refractivity contribution in [1.82, 2.24) is 15.5 Å². The molecule has 0 unspecified atom stereocenters. The highest BCUT2D eigenvalue weighted by Crippen LogP contribution is 2.17. The van der Waals surface area contributed by atoms with Crippen molar-refractivity contribution in [1.29, 1.82) is 0 Å². The van der Waals surface area contributed by atoms with Gasteiger partial charge in [-0.15, -0.1) is 10.2 Å². The maximum absolute atomic E-state index is 12.1. The summed E-state index contributed by atoms with van der Waals surface area (Å²) >= 11 is 10.4. The zero-order valence-corrected chi connectivity index (χ0v) is 18.2. The average Bonchev–Trinajstić information content (AvgIpc) is 3.14. The molecule has 7 nitrogen and oxygen atoms in total. The fourth-order valence-electron chi connectivity index (χ4n) is 2.25. The molecule has 0 fully saturated rings. The Balaban J connectivity index is 1.41. The first kappa shape index (κ1) is 21.2. The van der Waals surface area contributed by atoms with Gasteiger partial charge in [-0.05, 0) is 42.5 Å². The van der Waals surface area contributed by atoms with Crippen LogP contribution >= 0.6 is 38.9 Å². The van der Waals surface area contributed by atoms with Gasteiger partial charge >= 0.3 is 0 Å². The van der Waals surface area contributed by atoms with E-state index in [2.05, 4.69) is 36.8 Å². The van der Waals surface area contributed by atoms with Crippen molar-refractivity contribution in [2.45, 2.75) is 6.42 Å². The van der Waals surface area contributed by atoms with E-state index in [0.717, 1.165) is 4.47 Å². The van der Waals surface area contributed by atoms with Crippen LogP contribution in [0.15, 0.2) is 53.0 Å².